The van der Waals surface area contributed by atoms with Gasteiger partial charge in [0.2, 0.25) is 15.9 Å². The Morgan fingerprint density at radius 1 is 0.977 bits per heavy atom. The molecular weight excluding hydrogens is 590 g/mol. The molecule has 9 nitrogen and oxygen atoms in total. The van der Waals surface area contributed by atoms with Gasteiger partial charge in [-0.15, -0.1) is 0 Å². The van der Waals surface area contributed by atoms with Crippen LogP contribution < -0.4 is 10.0 Å². The Kier molecular flexibility index (Phi) is 9.19. The molecule has 3 aromatic carbocycles. The van der Waals surface area contributed by atoms with Crippen molar-refractivity contribution in [1.82, 2.24) is 14.9 Å². The van der Waals surface area contributed by atoms with Crippen LogP contribution in [0.5, 0.6) is 0 Å². The Morgan fingerprint density at radius 3 is 2.37 bits per heavy atom. The predicted octanol–water partition coefficient (Wildman–Crippen LogP) is 4.58. The molecule has 1 aliphatic heterocycles. The molecule has 3 aromatic rings. The summed E-state index contributed by atoms with van der Waals surface area (Å²) >= 11 is 6.24. The van der Waals surface area contributed by atoms with E-state index in [1.807, 2.05) is 0 Å². The van der Waals surface area contributed by atoms with Gasteiger partial charge in [-0.3, -0.25) is 9.59 Å². The molecule has 11 heteroatoms. The Hall–Kier alpha value is -3.73. The summed E-state index contributed by atoms with van der Waals surface area (Å²) in [7, 11) is -2.26. The van der Waals surface area contributed by atoms with Gasteiger partial charge in [-0.2, -0.15) is 0 Å². The van der Waals surface area contributed by atoms with Crippen LogP contribution in [-0.4, -0.2) is 56.6 Å². The van der Waals surface area contributed by atoms with Gasteiger partial charge in [-0.1, -0.05) is 73.0 Å². The van der Waals surface area contributed by atoms with E-state index >= 15 is 0 Å². The Morgan fingerprint density at radius 2 is 1.65 bits per heavy atom. The lowest BCUT2D eigenvalue weighted by Gasteiger charge is -2.49. The quantitative estimate of drug-likeness (QED) is 0.354. The van der Waals surface area contributed by atoms with Crippen molar-refractivity contribution in [2.24, 2.45) is 0 Å². The van der Waals surface area contributed by atoms with Crippen LogP contribution in [0.3, 0.4) is 0 Å². The Labute approximate surface area is 256 Å². The number of hydrogen-bond acceptors (Lipinski definition) is 6. The number of ether oxygens (including phenoxy) is 1. The van der Waals surface area contributed by atoms with Crippen molar-refractivity contribution >= 4 is 39.4 Å². The molecule has 1 unspecified atom stereocenters. The molecule has 43 heavy (non-hydrogen) atoms. The van der Waals surface area contributed by atoms with E-state index in [0.717, 1.165) is 19.1 Å². The molecule has 1 fully saturated rings. The molecule has 226 valence electrons. The topological polar surface area (TPSA) is 122 Å². The largest absolute Gasteiger partial charge is 0.465 e. The first-order valence-corrected chi connectivity index (χ1v) is 16.4. The fourth-order valence-electron chi connectivity index (χ4n) is 6.35. The summed E-state index contributed by atoms with van der Waals surface area (Å²) in [4.78, 5) is 42.7. The number of amides is 2. The van der Waals surface area contributed by atoms with E-state index < -0.39 is 40.0 Å². The van der Waals surface area contributed by atoms with Crippen LogP contribution in [0, 0.1) is 0 Å². The number of fused-ring (bicyclic) bond motifs is 1. The van der Waals surface area contributed by atoms with Gasteiger partial charge >= 0.3 is 5.97 Å². The normalized spacial score (nSPS) is 22.0. The van der Waals surface area contributed by atoms with Gasteiger partial charge in [0, 0.05) is 29.2 Å². The molecule has 2 amide bonds. The van der Waals surface area contributed by atoms with Gasteiger partial charge in [0.25, 0.3) is 5.91 Å². The maximum atomic E-state index is 14.3. The first-order chi connectivity index (χ1) is 20.6. The van der Waals surface area contributed by atoms with Crippen molar-refractivity contribution < 1.29 is 27.5 Å². The lowest BCUT2D eigenvalue weighted by Crippen LogP contribution is -2.59. The van der Waals surface area contributed by atoms with Crippen LogP contribution in [0.1, 0.15) is 75.0 Å². The molecule has 5 rings (SSSR count). The highest BCUT2D eigenvalue weighted by Crippen LogP contribution is 2.46. The second kappa shape index (κ2) is 12.9. The first kappa shape index (κ1) is 30.7. The lowest BCUT2D eigenvalue weighted by molar-refractivity contribution is -0.124. The number of halogens is 1. The van der Waals surface area contributed by atoms with Crippen LogP contribution in [0.2, 0.25) is 5.02 Å². The molecule has 4 atom stereocenters. The van der Waals surface area contributed by atoms with Crippen LogP contribution in [-0.2, 0) is 26.1 Å². The molecule has 0 bridgehead atoms. The van der Waals surface area contributed by atoms with E-state index in [9.17, 15) is 22.8 Å². The number of sulfonamides is 1. The predicted molar refractivity (Wildman–Crippen MR) is 163 cm³/mol. The minimum Gasteiger partial charge on any atom is -0.465 e. The van der Waals surface area contributed by atoms with Gasteiger partial charge in [-0.05, 0) is 53.8 Å². The zero-order valence-corrected chi connectivity index (χ0v) is 25.5. The van der Waals surface area contributed by atoms with Crippen LogP contribution in [0.15, 0.2) is 72.8 Å². The van der Waals surface area contributed by atoms with Crippen molar-refractivity contribution in [3.63, 3.8) is 0 Å². The van der Waals surface area contributed by atoms with Crippen molar-refractivity contribution in [2.45, 2.75) is 56.3 Å². The SMILES string of the molecule is COC(=O)c1ccccc1CNC(=O)[C@@H]1c2ccccc2C(=O)N(C2CCCC[C@@H]2NS(C)(=O)=O)[C@H]1c1ccc(Cl)cc1. The Bertz CT molecular complexity index is 1630. The number of benzene rings is 3. The number of methoxy groups -OCH3 is 1. The summed E-state index contributed by atoms with van der Waals surface area (Å²) in [5.41, 5.74) is 2.60. The molecular formula is C32H34ClN3O6S. The third-order valence-electron chi connectivity index (χ3n) is 8.20. The number of nitrogens with one attached hydrogen (secondary N) is 2. The average molecular weight is 624 g/mol. The van der Waals surface area contributed by atoms with Gasteiger partial charge in [0.05, 0.1) is 30.9 Å². The van der Waals surface area contributed by atoms with Crippen LogP contribution in [0.4, 0.5) is 0 Å². The monoisotopic (exact) mass is 623 g/mol. The standard InChI is InChI=1S/C32H34ClN3O6S/c1-42-32(39)23-10-4-3-9-21(23)19-34-30(37)28-24-11-5-6-12-25(24)31(38)36(29(28)20-15-17-22(33)18-16-20)27-14-8-7-13-26(27)35-43(2,40)41/h3-6,9-12,15-18,26-29,35H,7-8,13-14,19H2,1-2H3,(H,34,37)/t26-,27?,28+,29-/m0/s1. The van der Waals surface area contributed by atoms with Gasteiger partial charge < -0.3 is 15.0 Å². The van der Waals surface area contributed by atoms with Crippen molar-refractivity contribution in [1.29, 1.82) is 0 Å². The van der Waals surface area contributed by atoms with E-state index in [-0.39, 0.29) is 18.4 Å². The first-order valence-electron chi connectivity index (χ1n) is 14.2. The van der Waals surface area contributed by atoms with Crippen molar-refractivity contribution in [3.05, 3.63) is 106 Å². The number of hydrogen-bond donors (Lipinski definition) is 2. The Balaban J connectivity index is 1.60. The minimum absolute atomic E-state index is 0.0613. The summed E-state index contributed by atoms with van der Waals surface area (Å²) in [6.45, 7) is 0.0613. The van der Waals surface area contributed by atoms with E-state index in [2.05, 4.69) is 10.0 Å². The van der Waals surface area contributed by atoms with Gasteiger partial charge in [0.15, 0.2) is 0 Å². The van der Waals surface area contributed by atoms with Crippen LogP contribution in [0.25, 0.3) is 0 Å². The maximum Gasteiger partial charge on any atom is 0.338 e. The third-order valence-corrected chi connectivity index (χ3v) is 9.18. The molecule has 1 heterocycles. The molecule has 1 aliphatic carbocycles. The summed E-state index contributed by atoms with van der Waals surface area (Å²) in [6, 6.07) is 19.2. The van der Waals surface area contributed by atoms with E-state index in [1.165, 1.54) is 7.11 Å². The zero-order valence-electron chi connectivity index (χ0n) is 24.0. The molecule has 1 saturated carbocycles. The summed E-state index contributed by atoms with van der Waals surface area (Å²) in [5, 5.41) is 3.51. The fourth-order valence-corrected chi connectivity index (χ4v) is 7.30. The minimum atomic E-state index is -3.57. The van der Waals surface area contributed by atoms with E-state index in [4.69, 9.17) is 16.3 Å². The van der Waals surface area contributed by atoms with Gasteiger partial charge in [-0.25, -0.2) is 17.9 Å². The highest BCUT2D eigenvalue weighted by molar-refractivity contribution is 7.88. The number of esters is 1. The summed E-state index contributed by atoms with van der Waals surface area (Å²) in [5.74, 6) is -1.94. The number of nitrogens with zero attached hydrogens (tertiary/aromatic N) is 1. The molecule has 0 radical (unpaired) electrons. The number of carbonyl (C=O) groups excluding carboxylic acids is 3. The molecule has 0 aromatic heterocycles. The third kappa shape index (κ3) is 6.61. The smallest absolute Gasteiger partial charge is 0.338 e. The van der Waals surface area contributed by atoms with E-state index in [1.54, 1.807) is 77.7 Å². The molecule has 2 aliphatic rings. The second-order valence-corrected chi connectivity index (χ2v) is 13.2. The highest BCUT2D eigenvalue weighted by atomic mass is 35.5. The average Bonchev–Trinajstić information content (AvgIpc) is 3.00. The van der Waals surface area contributed by atoms with Crippen molar-refractivity contribution in [3.8, 4) is 0 Å². The lowest BCUT2D eigenvalue weighted by atomic mass is 9.76. The van der Waals surface area contributed by atoms with Gasteiger partial charge in [0.1, 0.15) is 0 Å². The molecule has 0 saturated heterocycles. The number of rotatable bonds is 8. The fraction of sp³-hybridized carbons (Fsp3) is 0.344. The van der Waals surface area contributed by atoms with Crippen LogP contribution >= 0.6 is 11.6 Å². The summed E-state index contributed by atoms with van der Waals surface area (Å²) < 4.78 is 32.4. The second-order valence-electron chi connectivity index (χ2n) is 11.0. The zero-order chi connectivity index (χ0) is 30.7. The maximum absolute atomic E-state index is 14.3. The van der Waals surface area contributed by atoms with Crippen molar-refractivity contribution in [2.75, 3.05) is 13.4 Å². The molecule has 2 N–H and O–H groups in total. The number of carbonyl (C=O) groups is 3. The highest BCUT2D eigenvalue weighted by Gasteiger charge is 2.48. The summed E-state index contributed by atoms with van der Waals surface area (Å²) in [6.07, 6.45) is 3.89. The van der Waals surface area contributed by atoms with E-state index in [0.29, 0.717) is 45.7 Å². The molecule has 0 spiro atoms.